The van der Waals surface area contributed by atoms with Gasteiger partial charge in [-0.2, -0.15) is 0 Å². The molecule has 106 valence electrons. The highest BCUT2D eigenvalue weighted by Crippen LogP contribution is 2.21. The molecule has 1 atom stereocenters. The number of nitrogens with one attached hydrogen (secondary N) is 2. The molecule has 1 aliphatic rings. The zero-order chi connectivity index (χ0) is 14.9. The first-order chi connectivity index (χ1) is 9.29. The van der Waals surface area contributed by atoms with Crippen molar-refractivity contribution in [2.45, 2.75) is 5.25 Å². The van der Waals surface area contributed by atoms with E-state index in [-0.39, 0.29) is 10.7 Å². The maximum Gasteiger partial charge on any atom is 0.347 e. The quantitative estimate of drug-likeness (QED) is 0.863. The van der Waals surface area contributed by atoms with E-state index in [9.17, 15) is 22.4 Å². The SMILES string of the molecule is O=C1N=CC(S(=O)(=O)Nc2ccc(F)c(Cl)c2)C(=O)N1. The summed E-state index contributed by atoms with van der Waals surface area (Å²) >= 11 is 5.52. The average molecular weight is 320 g/mol. The monoisotopic (exact) mass is 319 g/mol. The van der Waals surface area contributed by atoms with Crippen LogP contribution in [-0.2, 0) is 14.8 Å². The second-order valence-electron chi connectivity index (χ2n) is 3.77. The maximum absolute atomic E-state index is 13.0. The Kier molecular flexibility index (Phi) is 3.73. The van der Waals surface area contributed by atoms with E-state index in [0.717, 1.165) is 18.2 Å². The topological polar surface area (TPSA) is 105 Å². The summed E-state index contributed by atoms with van der Waals surface area (Å²) in [7, 11) is -4.18. The number of urea groups is 1. The number of halogens is 2. The van der Waals surface area contributed by atoms with E-state index in [1.54, 1.807) is 5.32 Å². The molecule has 0 spiro atoms. The smallest absolute Gasteiger partial charge is 0.283 e. The number of imide groups is 1. The number of hydrogen-bond donors (Lipinski definition) is 2. The first-order valence-electron chi connectivity index (χ1n) is 5.15. The Labute approximate surface area is 117 Å². The fraction of sp³-hybridized carbons (Fsp3) is 0.100. The lowest BCUT2D eigenvalue weighted by molar-refractivity contribution is -0.118. The molecule has 7 nitrogen and oxygen atoms in total. The van der Waals surface area contributed by atoms with Crippen LogP contribution >= 0.6 is 11.6 Å². The summed E-state index contributed by atoms with van der Waals surface area (Å²) < 4.78 is 38.9. The largest absolute Gasteiger partial charge is 0.347 e. The van der Waals surface area contributed by atoms with Crippen molar-refractivity contribution < 1.29 is 22.4 Å². The standard InChI is InChI=1S/C10H7ClFN3O4S/c11-6-3-5(1-2-7(6)12)15-20(18,19)8-4-13-10(17)14-9(8)16/h1-4,8,15H,(H,14,16,17). The lowest BCUT2D eigenvalue weighted by Gasteiger charge is -2.16. The highest BCUT2D eigenvalue weighted by Gasteiger charge is 2.35. The molecule has 3 amide bonds. The Bertz CT molecular complexity index is 719. The van der Waals surface area contributed by atoms with Gasteiger partial charge in [0.1, 0.15) is 5.82 Å². The molecule has 2 rings (SSSR count). The minimum absolute atomic E-state index is 0.0190. The van der Waals surface area contributed by atoms with Crippen LogP contribution in [0.2, 0.25) is 5.02 Å². The molecule has 1 heterocycles. The summed E-state index contributed by atoms with van der Waals surface area (Å²) in [6.07, 6.45) is 0.717. The molecule has 1 aromatic rings. The van der Waals surface area contributed by atoms with Crippen LogP contribution in [-0.4, -0.2) is 31.8 Å². The number of nitrogens with zero attached hydrogens (tertiary/aromatic N) is 1. The molecular weight excluding hydrogens is 313 g/mol. The van der Waals surface area contributed by atoms with E-state index in [2.05, 4.69) is 9.71 Å². The molecular formula is C10H7ClFN3O4S. The summed E-state index contributed by atoms with van der Waals surface area (Å²) in [5, 5.41) is -0.178. The number of benzene rings is 1. The van der Waals surface area contributed by atoms with E-state index in [1.165, 1.54) is 0 Å². The van der Waals surface area contributed by atoms with E-state index in [1.807, 2.05) is 0 Å². The maximum atomic E-state index is 13.0. The van der Waals surface area contributed by atoms with Crippen molar-refractivity contribution >= 4 is 45.5 Å². The summed E-state index contributed by atoms with van der Waals surface area (Å²) in [6, 6.07) is 2.23. The van der Waals surface area contributed by atoms with Gasteiger partial charge in [0.05, 0.1) is 10.7 Å². The number of carbonyl (C=O) groups is 2. The normalized spacial score (nSPS) is 18.8. The molecule has 2 N–H and O–H groups in total. The first-order valence-corrected chi connectivity index (χ1v) is 7.08. The van der Waals surface area contributed by atoms with Gasteiger partial charge >= 0.3 is 6.03 Å². The van der Waals surface area contributed by atoms with Gasteiger partial charge in [0.15, 0.2) is 5.25 Å². The number of amides is 3. The summed E-state index contributed by atoms with van der Waals surface area (Å²) in [4.78, 5) is 25.4. The first kappa shape index (κ1) is 14.4. The van der Waals surface area contributed by atoms with E-state index < -0.39 is 33.0 Å². The predicted molar refractivity (Wildman–Crippen MR) is 69.8 cm³/mol. The lowest BCUT2D eigenvalue weighted by atomic mass is 10.3. The number of rotatable bonds is 3. The van der Waals surface area contributed by atoms with Crippen LogP contribution in [0.5, 0.6) is 0 Å². The number of sulfonamides is 1. The highest BCUT2D eigenvalue weighted by molar-refractivity contribution is 7.94. The van der Waals surface area contributed by atoms with Gasteiger partial charge in [-0.25, -0.2) is 22.6 Å². The molecule has 20 heavy (non-hydrogen) atoms. The van der Waals surface area contributed by atoms with Crippen molar-refractivity contribution in [3.05, 3.63) is 29.0 Å². The molecule has 0 bridgehead atoms. The Morgan fingerprint density at radius 2 is 2.05 bits per heavy atom. The molecule has 1 aromatic carbocycles. The Morgan fingerprint density at radius 3 is 2.65 bits per heavy atom. The zero-order valence-corrected chi connectivity index (χ0v) is 11.2. The van der Waals surface area contributed by atoms with Gasteiger partial charge < -0.3 is 0 Å². The minimum atomic E-state index is -4.18. The van der Waals surface area contributed by atoms with Gasteiger partial charge in [-0.3, -0.25) is 14.8 Å². The van der Waals surface area contributed by atoms with Crippen molar-refractivity contribution in [1.82, 2.24) is 5.32 Å². The third kappa shape index (κ3) is 2.94. The van der Waals surface area contributed by atoms with Crippen LogP contribution in [0.4, 0.5) is 14.9 Å². The molecule has 1 aliphatic heterocycles. The fourth-order valence-corrected chi connectivity index (χ4v) is 2.75. The van der Waals surface area contributed by atoms with Crippen molar-refractivity contribution in [1.29, 1.82) is 0 Å². The zero-order valence-electron chi connectivity index (χ0n) is 9.63. The molecule has 0 fully saturated rings. The second kappa shape index (κ2) is 5.17. The van der Waals surface area contributed by atoms with Gasteiger partial charge in [-0.15, -0.1) is 0 Å². The molecule has 0 radical (unpaired) electrons. The Morgan fingerprint density at radius 1 is 1.35 bits per heavy atom. The Balaban J connectivity index is 2.27. The summed E-state index contributed by atoms with van der Waals surface area (Å²) in [5.74, 6) is -1.73. The summed E-state index contributed by atoms with van der Waals surface area (Å²) in [6.45, 7) is 0. The van der Waals surface area contributed by atoms with E-state index in [0.29, 0.717) is 6.21 Å². The van der Waals surface area contributed by atoms with Crippen LogP contribution in [0.1, 0.15) is 0 Å². The molecule has 0 saturated heterocycles. The molecule has 1 unspecified atom stereocenters. The number of aliphatic imine (C=N–C) groups is 1. The van der Waals surface area contributed by atoms with Gasteiger partial charge in [0, 0.05) is 6.21 Å². The van der Waals surface area contributed by atoms with Crippen molar-refractivity contribution in [3.63, 3.8) is 0 Å². The van der Waals surface area contributed by atoms with E-state index >= 15 is 0 Å². The van der Waals surface area contributed by atoms with Crippen LogP contribution in [0.3, 0.4) is 0 Å². The van der Waals surface area contributed by atoms with Gasteiger partial charge in [-0.1, -0.05) is 11.6 Å². The minimum Gasteiger partial charge on any atom is -0.283 e. The van der Waals surface area contributed by atoms with Crippen LogP contribution < -0.4 is 10.0 Å². The van der Waals surface area contributed by atoms with Crippen molar-refractivity contribution in [2.75, 3.05) is 4.72 Å². The molecule has 0 saturated carbocycles. The Hall–Kier alpha value is -2.00. The molecule has 10 heteroatoms. The highest BCUT2D eigenvalue weighted by atomic mass is 35.5. The van der Waals surface area contributed by atoms with E-state index in [4.69, 9.17) is 11.6 Å². The predicted octanol–water partition coefficient (Wildman–Crippen LogP) is 0.910. The third-order valence-electron chi connectivity index (χ3n) is 2.33. The van der Waals surface area contributed by atoms with Gasteiger partial charge in [0.25, 0.3) is 5.91 Å². The van der Waals surface area contributed by atoms with Crippen LogP contribution in [0.25, 0.3) is 0 Å². The van der Waals surface area contributed by atoms with Crippen LogP contribution in [0, 0.1) is 5.82 Å². The number of hydrogen-bond acceptors (Lipinski definition) is 4. The molecule has 0 aromatic heterocycles. The summed E-state index contributed by atoms with van der Waals surface area (Å²) in [5.41, 5.74) is -0.0190. The number of carbonyl (C=O) groups excluding carboxylic acids is 2. The second-order valence-corrected chi connectivity index (χ2v) is 5.98. The van der Waals surface area contributed by atoms with Crippen LogP contribution in [0.15, 0.2) is 23.2 Å². The van der Waals surface area contributed by atoms with Gasteiger partial charge in [0.2, 0.25) is 10.0 Å². The molecule has 0 aliphatic carbocycles. The van der Waals surface area contributed by atoms with Crippen molar-refractivity contribution in [3.8, 4) is 0 Å². The average Bonchev–Trinajstić information content (AvgIpc) is 2.33. The fourth-order valence-electron chi connectivity index (χ4n) is 1.42. The lowest BCUT2D eigenvalue weighted by Crippen LogP contribution is -2.48. The van der Waals surface area contributed by atoms with Gasteiger partial charge in [-0.05, 0) is 18.2 Å². The number of anilines is 1. The van der Waals surface area contributed by atoms with Crippen molar-refractivity contribution in [2.24, 2.45) is 4.99 Å². The third-order valence-corrected chi connectivity index (χ3v) is 4.14.